The molecule has 0 spiro atoms. The number of hydrogen-bond acceptors (Lipinski definition) is 2. The van der Waals surface area contributed by atoms with Gasteiger partial charge in [0.05, 0.1) is 22.8 Å². The first kappa shape index (κ1) is 43.8. The number of aliphatic imine (C=N–C) groups is 2. The molecule has 0 aliphatic carbocycles. The zero-order valence-corrected chi connectivity index (χ0v) is 33.3. The molecule has 2 nitrogen and oxygen atoms in total. The van der Waals surface area contributed by atoms with E-state index in [9.17, 15) is 0 Å². The van der Waals surface area contributed by atoms with Crippen LogP contribution in [0.5, 0.6) is 0 Å². The van der Waals surface area contributed by atoms with E-state index in [1.165, 1.54) is 96.7 Å². The topological polar surface area (TPSA) is 24.7 Å². The van der Waals surface area contributed by atoms with Crippen molar-refractivity contribution in [3.8, 4) is 11.1 Å². The molecule has 0 bridgehead atoms. The molecule has 0 fully saturated rings. The molecule has 3 aromatic rings. The maximum atomic E-state index is 5.28. The van der Waals surface area contributed by atoms with Crippen LogP contribution < -0.4 is 0 Å². The quantitative estimate of drug-likeness (QED) is 0.0542. The predicted molar refractivity (Wildman–Crippen MR) is 214 cm³/mol. The molecule has 0 aromatic heterocycles. The summed E-state index contributed by atoms with van der Waals surface area (Å²) in [5.41, 5.74) is 14.1. The van der Waals surface area contributed by atoms with Gasteiger partial charge in [-0.15, -0.1) is 0 Å². The molecule has 0 amide bonds. The van der Waals surface area contributed by atoms with Crippen LogP contribution in [0.1, 0.15) is 147 Å². The number of aryl methyl sites for hydroxylation is 3. The summed E-state index contributed by atoms with van der Waals surface area (Å²) >= 11 is 3.35. The van der Waals surface area contributed by atoms with E-state index in [0.29, 0.717) is 0 Å². The van der Waals surface area contributed by atoms with E-state index in [-0.39, 0.29) is 0 Å². The van der Waals surface area contributed by atoms with Crippen LogP contribution in [0, 0.1) is 13.8 Å². The number of rotatable bonds is 18. The third kappa shape index (κ3) is 15.1. The molecule has 0 radical (unpaired) electrons. The van der Waals surface area contributed by atoms with Crippen molar-refractivity contribution in [2.24, 2.45) is 9.98 Å². The molecule has 4 heteroatoms. The summed E-state index contributed by atoms with van der Waals surface area (Å²) in [4.78, 5) is 10.4. The molecule has 0 saturated carbocycles. The summed E-state index contributed by atoms with van der Waals surface area (Å²) in [6, 6.07) is 20.1. The van der Waals surface area contributed by atoms with Crippen LogP contribution >= 0.6 is 10.2 Å². The summed E-state index contributed by atoms with van der Waals surface area (Å²) in [6.07, 6.45) is 17.8. The van der Waals surface area contributed by atoms with E-state index in [0.717, 1.165) is 61.3 Å². The normalized spacial score (nSPS) is 11.5. The van der Waals surface area contributed by atoms with Gasteiger partial charge in [-0.25, -0.2) is 0 Å². The third-order valence-electron chi connectivity index (χ3n) is 8.94. The third-order valence-corrected chi connectivity index (χ3v) is 8.94. The molecule has 0 atom stereocenters. The number of unbranched alkanes of at least 4 members (excludes halogenated alkanes) is 7. The summed E-state index contributed by atoms with van der Waals surface area (Å²) in [5, 5.41) is 0. The average molecular weight is 716 g/mol. The number of benzene rings is 3. The van der Waals surface area contributed by atoms with Gasteiger partial charge < -0.3 is 6.92 Å². The van der Waals surface area contributed by atoms with Gasteiger partial charge in [-0.1, -0.05) is 117 Å². The van der Waals surface area contributed by atoms with E-state index in [1.54, 1.807) is 0 Å². The summed E-state index contributed by atoms with van der Waals surface area (Å²) < 4.78 is 0. The Morgan fingerprint density at radius 3 is 1.77 bits per heavy atom. The summed E-state index contributed by atoms with van der Waals surface area (Å²) in [5.74, 6) is 0. The second-order valence-corrected chi connectivity index (χ2v) is 12.7. The number of hydrogen-bond donors (Lipinski definition) is 0. The SMILES string of the molecule is CCCCCCCCc1cc(N=C(CC)C(C)=Nc2cc(C)c(CC)c(CCCC)c2)cc(-c2ccccc2)c1CC.[CH2-]CCC.[Cl][Ni]. The van der Waals surface area contributed by atoms with Gasteiger partial charge in [0.2, 0.25) is 0 Å². The van der Waals surface area contributed by atoms with Crippen molar-refractivity contribution in [3.63, 3.8) is 0 Å². The van der Waals surface area contributed by atoms with Crippen molar-refractivity contribution in [2.75, 3.05) is 0 Å². The Bertz CT molecular complexity index is 1360. The molecule has 0 unspecified atom stereocenters. The monoisotopic (exact) mass is 714 g/mol. The van der Waals surface area contributed by atoms with Gasteiger partial charge in [0.15, 0.2) is 0 Å². The summed E-state index contributed by atoms with van der Waals surface area (Å²) in [6.45, 7) is 21.4. The first-order valence-corrected chi connectivity index (χ1v) is 20.1. The molecule has 48 heavy (non-hydrogen) atoms. The Hall–Kier alpha value is -2.22. The fourth-order valence-electron chi connectivity index (χ4n) is 6.25. The van der Waals surface area contributed by atoms with E-state index in [4.69, 9.17) is 9.98 Å². The number of halogens is 1. The Morgan fingerprint density at radius 2 is 1.21 bits per heavy atom. The van der Waals surface area contributed by atoms with Crippen molar-refractivity contribution in [2.45, 2.75) is 152 Å². The molecule has 0 N–H and O–H groups in total. The van der Waals surface area contributed by atoms with Crippen LogP contribution in [-0.4, -0.2) is 11.4 Å². The van der Waals surface area contributed by atoms with Gasteiger partial charge in [-0.3, -0.25) is 9.98 Å². The molecular weight excluding hydrogens is 651 g/mol. The molecule has 3 rings (SSSR count). The minimum absolute atomic E-state index is 0.854. The van der Waals surface area contributed by atoms with E-state index >= 15 is 0 Å². The summed E-state index contributed by atoms with van der Waals surface area (Å²) in [7, 11) is 4.26. The van der Waals surface area contributed by atoms with Crippen molar-refractivity contribution in [1.29, 1.82) is 0 Å². The van der Waals surface area contributed by atoms with Gasteiger partial charge in [-0.2, -0.15) is 6.42 Å². The molecule has 269 valence electrons. The van der Waals surface area contributed by atoms with E-state index in [1.807, 2.05) is 0 Å². The molecule has 0 aliphatic rings. The first-order chi connectivity index (χ1) is 23.4. The molecule has 0 saturated heterocycles. The fraction of sp³-hybridized carbons (Fsp3) is 0.523. The van der Waals surface area contributed by atoms with Crippen molar-refractivity contribution >= 4 is 33.0 Å². The molecular formula is C44H65ClN2Ni-. The predicted octanol–water partition coefficient (Wildman–Crippen LogP) is 14.6. The Balaban J connectivity index is 0.00000178. The van der Waals surface area contributed by atoms with Crippen LogP contribution in [0.25, 0.3) is 11.1 Å². The van der Waals surface area contributed by atoms with Crippen molar-refractivity contribution in [3.05, 3.63) is 89.3 Å². The molecule has 0 aliphatic heterocycles. The van der Waals surface area contributed by atoms with Gasteiger partial charge in [0.25, 0.3) is 0 Å². The van der Waals surface area contributed by atoms with Gasteiger partial charge >= 0.3 is 24.8 Å². The minimum atomic E-state index is 0.854. The van der Waals surface area contributed by atoms with Crippen LogP contribution in [0.3, 0.4) is 0 Å². The zero-order valence-electron chi connectivity index (χ0n) is 31.6. The average Bonchev–Trinajstić information content (AvgIpc) is 3.12. The standard InChI is InChI=1S/C40H56N2.C4H9.ClH.Ni/c1-8-13-15-16-17-19-25-34-28-36(29-39(38(34)11-4)32-23-20-18-21-24-32)42-40(12-5)31(7)41-35-26-30(6)37(10-3)33(27-35)22-14-9-2;1-3-4-2;;/h18,20-21,23-24,26-29H,8-17,19,22,25H2,1-7H3;1,3-4H2,2H3;1H;/q;-1;;+1/p-1. The van der Waals surface area contributed by atoms with Crippen LogP contribution in [0.15, 0.2) is 64.6 Å². The van der Waals surface area contributed by atoms with Crippen LogP contribution in [0.2, 0.25) is 0 Å². The fourth-order valence-corrected chi connectivity index (χ4v) is 6.25. The molecule has 3 aromatic carbocycles. The van der Waals surface area contributed by atoms with E-state index < -0.39 is 0 Å². The van der Waals surface area contributed by atoms with Gasteiger partial charge in [-0.05, 0) is 122 Å². The second kappa shape index (κ2) is 26.6. The van der Waals surface area contributed by atoms with Crippen molar-refractivity contribution in [1.82, 2.24) is 0 Å². The Morgan fingerprint density at radius 1 is 0.667 bits per heavy atom. The second-order valence-electron chi connectivity index (χ2n) is 12.7. The zero-order chi connectivity index (χ0) is 35.7. The van der Waals surface area contributed by atoms with E-state index in [2.05, 4.69) is 142 Å². The Kier molecular flexibility index (Phi) is 24.3. The van der Waals surface area contributed by atoms with Crippen molar-refractivity contribution < 1.29 is 14.6 Å². The van der Waals surface area contributed by atoms with Gasteiger partial charge in [0.1, 0.15) is 0 Å². The maximum absolute atomic E-state index is 5.28. The van der Waals surface area contributed by atoms with Gasteiger partial charge in [0, 0.05) is 0 Å². The first-order valence-electron chi connectivity index (χ1n) is 18.7. The van der Waals surface area contributed by atoms with Crippen LogP contribution in [0.4, 0.5) is 11.4 Å². The Labute approximate surface area is 308 Å². The number of nitrogens with zero attached hydrogens (tertiary/aromatic N) is 2. The van der Waals surface area contributed by atoms with Crippen LogP contribution in [-0.2, 0) is 40.3 Å². The molecule has 0 heterocycles.